The largest absolute Gasteiger partial charge is 0.445 e. The Morgan fingerprint density at radius 3 is 2.60 bits per heavy atom. The van der Waals surface area contributed by atoms with Gasteiger partial charge >= 0.3 is 6.09 Å². The molecule has 4 nitrogen and oxygen atoms in total. The molecule has 1 amide bonds. The standard InChI is InChI=1S/C11H13NO3/c1-7-3-4-9(6-15-11(12)14)10(5-7)8(2)13/h3-5H,6H2,1-2H3,(H2,12,14). The van der Waals surface area contributed by atoms with Crippen molar-refractivity contribution in [1.82, 2.24) is 0 Å². The van der Waals surface area contributed by atoms with E-state index in [2.05, 4.69) is 4.74 Å². The molecule has 0 saturated heterocycles. The number of ether oxygens (including phenoxy) is 1. The van der Waals surface area contributed by atoms with Crippen molar-refractivity contribution in [2.24, 2.45) is 5.73 Å². The van der Waals surface area contributed by atoms with Gasteiger partial charge in [-0.3, -0.25) is 4.79 Å². The lowest BCUT2D eigenvalue weighted by Gasteiger charge is -2.07. The van der Waals surface area contributed by atoms with Gasteiger partial charge in [-0.25, -0.2) is 4.79 Å². The van der Waals surface area contributed by atoms with Gasteiger partial charge in [0.15, 0.2) is 5.78 Å². The van der Waals surface area contributed by atoms with Crippen LogP contribution in [0.5, 0.6) is 0 Å². The van der Waals surface area contributed by atoms with Gasteiger partial charge in [0.05, 0.1) is 0 Å². The van der Waals surface area contributed by atoms with Gasteiger partial charge in [0.2, 0.25) is 0 Å². The second-order valence-electron chi connectivity index (χ2n) is 3.32. The molecule has 80 valence electrons. The molecule has 0 aliphatic heterocycles. The maximum absolute atomic E-state index is 11.3. The third-order valence-corrected chi connectivity index (χ3v) is 2.01. The lowest BCUT2D eigenvalue weighted by atomic mass is 10.0. The minimum Gasteiger partial charge on any atom is -0.445 e. The molecule has 0 aliphatic rings. The van der Waals surface area contributed by atoms with Crippen molar-refractivity contribution >= 4 is 11.9 Å². The zero-order valence-corrected chi connectivity index (χ0v) is 8.74. The summed E-state index contributed by atoms with van der Waals surface area (Å²) in [6.45, 7) is 3.40. The molecule has 0 atom stereocenters. The maximum atomic E-state index is 11.3. The van der Waals surface area contributed by atoms with Crippen LogP contribution in [-0.4, -0.2) is 11.9 Å². The van der Waals surface area contributed by atoms with E-state index in [9.17, 15) is 9.59 Å². The molecular weight excluding hydrogens is 194 g/mol. The number of nitrogens with two attached hydrogens (primary N) is 1. The first-order valence-electron chi connectivity index (χ1n) is 4.53. The van der Waals surface area contributed by atoms with E-state index < -0.39 is 6.09 Å². The van der Waals surface area contributed by atoms with E-state index in [1.807, 2.05) is 13.0 Å². The van der Waals surface area contributed by atoms with Gasteiger partial charge in [0.25, 0.3) is 0 Å². The average Bonchev–Trinajstić information content (AvgIpc) is 2.15. The van der Waals surface area contributed by atoms with Crippen LogP contribution in [0.4, 0.5) is 4.79 Å². The van der Waals surface area contributed by atoms with Gasteiger partial charge in [-0.2, -0.15) is 0 Å². The number of ketones is 1. The van der Waals surface area contributed by atoms with Crippen LogP contribution in [0.15, 0.2) is 18.2 Å². The fraction of sp³-hybridized carbons (Fsp3) is 0.273. The molecule has 0 unspecified atom stereocenters. The van der Waals surface area contributed by atoms with Gasteiger partial charge < -0.3 is 10.5 Å². The van der Waals surface area contributed by atoms with E-state index in [-0.39, 0.29) is 12.4 Å². The number of hydrogen-bond donors (Lipinski definition) is 1. The highest BCUT2D eigenvalue weighted by molar-refractivity contribution is 5.95. The lowest BCUT2D eigenvalue weighted by Crippen LogP contribution is -2.14. The summed E-state index contributed by atoms with van der Waals surface area (Å²) in [6.07, 6.45) is -0.843. The van der Waals surface area contributed by atoms with Crippen molar-refractivity contribution in [3.63, 3.8) is 0 Å². The molecule has 15 heavy (non-hydrogen) atoms. The fourth-order valence-electron chi connectivity index (χ4n) is 1.29. The molecule has 0 heterocycles. The Kier molecular flexibility index (Phi) is 3.44. The van der Waals surface area contributed by atoms with Gasteiger partial charge in [-0.05, 0) is 19.9 Å². The molecule has 0 radical (unpaired) electrons. The molecule has 0 spiro atoms. The van der Waals surface area contributed by atoms with Crippen molar-refractivity contribution in [3.8, 4) is 0 Å². The van der Waals surface area contributed by atoms with E-state index in [0.29, 0.717) is 11.1 Å². The summed E-state index contributed by atoms with van der Waals surface area (Å²) >= 11 is 0. The van der Waals surface area contributed by atoms with Crippen LogP contribution in [0, 0.1) is 6.92 Å². The first kappa shape index (κ1) is 11.2. The number of amides is 1. The molecule has 4 heteroatoms. The van der Waals surface area contributed by atoms with Crippen molar-refractivity contribution < 1.29 is 14.3 Å². The number of carbonyl (C=O) groups is 2. The van der Waals surface area contributed by atoms with E-state index in [1.54, 1.807) is 12.1 Å². The van der Waals surface area contributed by atoms with Crippen LogP contribution >= 0.6 is 0 Å². The number of carbonyl (C=O) groups excluding carboxylic acids is 2. The van der Waals surface area contributed by atoms with Gasteiger partial charge in [0.1, 0.15) is 6.61 Å². The highest BCUT2D eigenvalue weighted by Gasteiger charge is 2.08. The Hall–Kier alpha value is -1.84. The fourth-order valence-corrected chi connectivity index (χ4v) is 1.29. The zero-order chi connectivity index (χ0) is 11.4. The number of Topliss-reactive ketones (excluding diaryl/α,β-unsaturated/α-hetero) is 1. The minimum absolute atomic E-state index is 0.0323. The molecule has 0 aromatic heterocycles. The molecular formula is C11H13NO3. The first-order valence-corrected chi connectivity index (χ1v) is 4.53. The summed E-state index contributed by atoms with van der Waals surface area (Å²) < 4.78 is 4.65. The van der Waals surface area contributed by atoms with Crippen LogP contribution in [0.1, 0.15) is 28.4 Å². The van der Waals surface area contributed by atoms with E-state index >= 15 is 0 Å². The third kappa shape index (κ3) is 3.09. The van der Waals surface area contributed by atoms with Gasteiger partial charge in [-0.1, -0.05) is 17.7 Å². The zero-order valence-electron chi connectivity index (χ0n) is 8.74. The van der Waals surface area contributed by atoms with Gasteiger partial charge in [0, 0.05) is 11.1 Å². The van der Waals surface area contributed by atoms with Crippen LogP contribution in [0.25, 0.3) is 0 Å². The number of rotatable bonds is 3. The Labute approximate surface area is 88.0 Å². The molecule has 1 aromatic carbocycles. The summed E-state index contributed by atoms with van der Waals surface area (Å²) in [6, 6.07) is 5.38. The minimum atomic E-state index is -0.843. The normalized spacial score (nSPS) is 9.73. The summed E-state index contributed by atoms with van der Waals surface area (Å²) in [5, 5.41) is 0. The molecule has 0 bridgehead atoms. The monoisotopic (exact) mass is 207 g/mol. The quantitative estimate of drug-likeness (QED) is 0.768. The van der Waals surface area contributed by atoms with Crippen LogP contribution in [0.2, 0.25) is 0 Å². The topological polar surface area (TPSA) is 69.4 Å². The first-order chi connectivity index (χ1) is 7.00. The number of primary amides is 1. The van der Waals surface area contributed by atoms with E-state index in [0.717, 1.165) is 5.56 Å². The van der Waals surface area contributed by atoms with E-state index in [1.165, 1.54) is 6.92 Å². The lowest BCUT2D eigenvalue weighted by molar-refractivity contribution is 0.101. The third-order valence-electron chi connectivity index (χ3n) is 2.01. The summed E-state index contributed by atoms with van der Waals surface area (Å²) in [5.74, 6) is -0.0539. The highest BCUT2D eigenvalue weighted by Crippen LogP contribution is 2.13. The molecule has 2 N–H and O–H groups in total. The second kappa shape index (κ2) is 4.59. The molecule has 0 fully saturated rings. The van der Waals surface area contributed by atoms with E-state index in [4.69, 9.17) is 5.73 Å². The van der Waals surface area contributed by atoms with Crippen molar-refractivity contribution in [2.45, 2.75) is 20.5 Å². The van der Waals surface area contributed by atoms with Crippen molar-refractivity contribution in [2.75, 3.05) is 0 Å². The summed E-state index contributed by atoms with van der Waals surface area (Å²) in [4.78, 5) is 21.7. The Morgan fingerprint density at radius 2 is 2.07 bits per heavy atom. The SMILES string of the molecule is CC(=O)c1cc(C)ccc1COC(N)=O. The Bertz CT molecular complexity index is 399. The molecule has 0 aliphatic carbocycles. The van der Waals surface area contributed by atoms with Crippen LogP contribution < -0.4 is 5.73 Å². The Balaban J connectivity index is 2.95. The number of aryl methyl sites for hydroxylation is 1. The average molecular weight is 207 g/mol. The highest BCUT2D eigenvalue weighted by atomic mass is 16.5. The van der Waals surface area contributed by atoms with Gasteiger partial charge in [-0.15, -0.1) is 0 Å². The summed E-state index contributed by atoms with van der Waals surface area (Å²) in [7, 11) is 0. The Morgan fingerprint density at radius 1 is 1.40 bits per heavy atom. The second-order valence-corrected chi connectivity index (χ2v) is 3.32. The maximum Gasteiger partial charge on any atom is 0.404 e. The van der Waals surface area contributed by atoms with Crippen molar-refractivity contribution in [3.05, 3.63) is 34.9 Å². The number of benzene rings is 1. The van der Waals surface area contributed by atoms with Crippen molar-refractivity contribution in [1.29, 1.82) is 0 Å². The van der Waals surface area contributed by atoms with Crippen LogP contribution in [-0.2, 0) is 11.3 Å². The molecule has 1 aromatic rings. The number of hydrogen-bond acceptors (Lipinski definition) is 3. The van der Waals surface area contributed by atoms with Crippen LogP contribution in [0.3, 0.4) is 0 Å². The molecule has 0 saturated carbocycles. The summed E-state index contributed by atoms with van der Waals surface area (Å²) in [5.41, 5.74) is 7.08. The smallest absolute Gasteiger partial charge is 0.404 e. The predicted octanol–water partition coefficient (Wildman–Crippen LogP) is 1.79. The molecule has 1 rings (SSSR count). The predicted molar refractivity (Wildman–Crippen MR) is 55.6 cm³/mol.